The highest BCUT2D eigenvalue weighted by molar-refractivity contribution is 5.89. The zero-order valence-corrected chi connectivity index (χ0v) is 20.1. The monoisotopic (exact) mass is 466 g/mol. The predicted octanol–water partition coefficient (Wildman–Crippen LogP) is 3.46. The van der Waals surface area contributed by atoms with Crippen LogP contribution in [0.4, 0.5) is 0 Å². The molecule has 2 aliphatic rings. The molecule has 0 aromatic carbocycles. The minimum absolute atomic E-state index is 0.302. The van der Waals surface area contributed by atoms with Crippen LogP contribution in [0, 0.1) is 0 Å². The van der Waals surface area contributed by atoms with E-state index in [0.717, 1.165) is 63.3 Å². The van der Waals surface area contributed by atoms with Crippen LogP contribution in [-0.4, -0.2) is 70.1 Å². The number of rotatable bonds is 9. The zero-order chi connectivity index (χ0) is 23.9. The largest absolute Gasteiger partial charge is 0.462 e. The SMILES string of the molecule is CCOC(=O)c1ccnc(CN2CCC[C@H]2[C@@H]2CCCN2Cc2cc(C(=O)OCC)ccn2)c1. The third-order valence-electron chi connectivity index (χ3n) is 6.66. The van der Waals surface area contributed by atoms with Crippen LogP contribution in [0.3, 0.4) is 0 Å². The lowest BCUT2D eigenvalue weighted by molar-refractivity contribution is 0.0516. The topological polar surface area (TPSA) is 84.9 Å². The molecule has 2 aromatic heterocycles. The van der Waals surface area contributed by atoms with Crippen LogP contribution in [0.1, 0.15) is 71.6 Å². The summed E-state index contributed by atoms with van der Waals surface area (Å²) < 4.78 is 10.3. The van der Waals surface area contributed by atoms with E-state index < -0.39 is 0 Å². The van der Waals surface area contributed by atoms with Crippen molar-refractivity contribution in [3.8, 4) is 0 Å². The molecule has 0 saturated carbocycles. The fourth-order valence-corrected chi connectivity index (χ4v) is 5.20. The molecule has 8 nitrogen and oxygen atoms in total. The van der Waals surface area contributed by atoms with Gasteiger partial charge in [-0.05, 0) is 76.9 Å². The number of nitrogens with zero attached hydrogens (tertiary/aromatic N) is 4. The Labute approximate surface area is 201 Å². The first-order valence-electron chi connectivity index (χ1n) is 12.3. The third kappa shape index (κ3) is 5.80. The van der Waals surface area contributed by atoms with Gasteiger partial charge in [0.25, 0.3) is 0 Å². The first-order chi connectivity index (χ1) is 16.6. The van der Waals surface area contributed by atoms with Gasteiger partial charge < -0.3 is 9.47 Å². The van der Waals surface area contributed by atoms with Crippen molar-refractivity contribution >= 4 is 11.9 Å². The Morgan fingerprint density at radius 1 is 0.824 bits per heavy atom. The average molecular weight is 467 g/mol. The van der Waals surface area contributed by atoms with E-state index in [4.69, 9.17) is 9.47 Å². The maximum atomic E-state index is 12.1. The highest BCUT2D eigenvalue weighted by atomic mass is 16.5. The standard InChI is InChI=1S/C26H34N4O4/c1-3-33-25(31)19-9-11-27-21(15-19)17-29-13-5-7-23(29)24-8-6-14-30(24)18-22-16-20(10-12-28-22)26(32)34-4-2/h9-12,15-16,23-24H,3-8,13-14,17-18H2,1-2H3/t23-,24-/m0/s1. The van der Waals surface area contributed by atoms with Gasteiger partial charge in [0.1, 0.15) is 0 Å². The van der Waals surface area contributed by atoms with Crippen LogP contribution in [0.5, 0.6) is 0 Å². The highest BCUT2D eigenvalue weighted by Crippen LogP contribution is 2.32. The minimum atomic E-state index is -0.302. The van der Waals surface area contributed by atoms with Crippen LogP contribution in [0.15, 0.2) is 36.7 Å². The van der Waals surface area contributed by atoms with Gasteiger partial charge >= 0.3 is 11.9 Å². The van der Waals surface area contributed by atoms with E-state index in [1.54, 1.807) is 24.5 Å². The summed E-state index contributed by atoms with van der Waals surface area (Å²) >= 11 is 0. The average Bonchev–Trinajstić information content (AvgIpc) is 3.49. The van der Waals surface area contributed by atoms with E-state index in [2.05, 4.69) is 19.8 Å². The molecule has 0 aliphatic carbocycles. The predicted molar refractivity (Wildman–Crippen MR) is 127 cm³/mol. The molecule has 2 atom stereocenters. The molecule has 0 bridgehead atoms. The number of carbonyl (C=O) groups excluding carboxylic acids is 2. The number of hydrogen-bond acceptors (Lipinski definition) is 8. The Morgan fingerprint density at radius 2 is 1.26 bits per heavy atom. The molecule has 0 N–H and O–H groups in total. The summed E-state index contributed by atoms with van der Waals surface area (Å²) in [6.45, 7) is 7.83. The third-order valence-corrected chi connectivity index (χ3v) is 6.66. The summed E-state index contributed by atoms with van der Waals surface area (Å²) in [6.07, 6.45) is 7.99. The summed E-state index contributed by atoms with van der Waals surface area (Å²) in [6, 6.07) is 7.99. The van der Waals surface area contributed by atoms with Gasteiger partial charge in [-0.2, -0.15) is 0 Å². The Kier molecular flexibility index (Phi) is 8.24. The van der Waals surface area contributed by atoms with Crippen LogP contribution < -0.4 is 0 Å². The van der Waals surface area contributed by atoms with Gasteiger partial charge in [0.2, 0.25) is 0 Å². The number of carbonyl (C=O) groups is 2. The molecule has 0 amide bonds. The van der Waals surface area contributed by atoms with Crippen molar-refractivity contribution in [2.75, 3.05) is 26.3 Å². The summed E-state index contributed by atoms with van der Waals surface area (Å²) in [5, 5.41) is 0. The lowest BCUT2D eigenvalue weighted by Gasteiger charge is -2.35. The van der Waals surface area contributed by atoms with Crippen LogP contribution in [0.25, 0.3) is 0 Å². The first-order valence-corrected chi connectivity index (χ1v) is 12.3. The van der Waals surface area contributed by atoms with E-state index in [1.165, 1.54) is 0 Å². The quantitative estimate of drug-likeness (QED) is 0.520. The number of esters is 2. The number of hydrogen-bond donors (Lipinski definition) is 0. The van der Waals surface area contributed by atoms with Crippen LogP contribution in [-0.2, 0) is 22.6 Å². The van der Waals surface area contributed by atoms with Crippen molar-refractivity contribution in [1.82, 2.24) is 19.8 Å². The molecule has 2 aliphatic heterocycles. The molecule has 2 fully saturated rings. The van der Waals surface area contributed by atoms with Gasteiger partial charge in [-0.3, -0.25) is 19.8 Å². The molecule has 2 saturated heterocycles. The summed E-state index contributed by atoms with van der Waals surface area (Å²) in [7, 11) is 0. The van der Waals surface area contributed by atoms with Gasteiger partial charge in [0, 0.05) is 37.6 Å². The zero-order valence-electron chi connectivity index (χ0n) is 20.1. The van der Waals surface area contributed by atoms with Crippen molar-refractivity contribution in [3.05, 3.63) is 59.2 Å². The molecular formula is C26H34N4O4. The maximum Gasteiger partial charge on any atom is 0.338 e. The molecule has 2 aromatic rings. The Hall–Kier alpha value is -2.84. The fraction of sp³-hybridized carbons (Fsp3) is 0.538. The second-order valence-corrected chi connectivity index (χ2v) is 8.87. The summed E-state index contributed by atoms with van der Waals surface area (Å²) in [5.74, 6) is -0.604. The van der Waals surface area contributed by atoms with E-state index in [-0.39, 0.29) is 11.9 Å². The molecule has 0 unspecified atom stereocenters. The molecule has 0 radical (unpaired) electrons. The molecule has 4 rings (SSSR count). The number of ether oxygens (including phenoxy) is 2. The molecular weight excluding hydrogens is 432 g/mol. The van der Waals surface area contributed by atoms with Crippen molar-refractivity contribution in [2.24, 2.45) is 0 Å². The number of likely N-dealkylation sites (tertiary alicyclic amines) is 2. The van der Waals surface area contributed by atoms with Crippen LogP contribution in [0.2, 0.25) is 0 Å². The van der Waals surface area contributed by atoms with Crippen LogP contribution >= 0.6 is 0 Å². The van der Waals surface area contributed by atoms with Gasteiger partial charge in [-0.25, -0.2) is 9.59 Å². The van der Waals surface area contributed by atoms with Crippen molar-refractivity contribution in [3.63, 3.8) is 0 Å². The van der Waals surface area contributed by atoms with Crippen molar-refractivity contribution < 1.29 is 19.1 Å². The molecule has 34 heavy (non-hydrogen) atoms. The van der Waals surface area contributed by atoms with E-state index in [1.807, 2.05) is 26.0 Å². The summed E-state index contributed by atoms with van der Waals surface area (Å²) in [4.78, 5) is 38.3. The second kappa shape index (κ2) is 11.5. The number of pyridine rings is 2. The lowest BCUT2D eigenvalue weighted by atomic mass is 10.0. The molecule has 4 heterocycles. The molecule has 0 spiro atoms. The first kappa shape index (κ1) is 24.3. The van der Waals surface area contributed by atoms with E-state index in [9.17, 15) is 9.59 Å². The fourth-order valence-electron chi connectivity index (χ4n) is 5.20. The minimum Gasteiger partial charge on any atom is -0.462 e. The smallest absolute Gasteiger partial charge is 0.338 e. The Morgan fingerprint density at radius 3 is 1.68 bits per heavy atom. The lowest BCUT2D eigenvalue weighted by Crippen LogP contribution is -2.45. The van der Waals surface area contributed by atoms with Gasteiger partial charge in [0.15, 0.2) is 0 Å². The Bertz CT molecular complexity index is 919. The highest BCUT2D eigenvalue weighted by Gasteiger charge is 2.38. The van der Waals surface area contributed by atoms with E-state index in [0.29, 0.717) is 36.4 Å². The van der Waals surface area contributed by atoms with Gasteiger partial charge in [-0.1, -0.05) is 0 Å². The maximum absolute atomic E-state index is 12.1. The second-order valence-electron chi connectivity index (χ2n) is 8.87. The van der Waals surface area contributed by atoms with Gasteiger partial charge in [0.05, 0.1) is 35.7 Å². The van der Waals surface area contributed by atoms with Crippen molar-refractivity contribution in [2.45, 2.75) is 64.7 Å². The normalized spacial score (nSPS) is 21.0. The summed E-state index contributed by atoms with van der Waals surface area (Å²) in [5.41, 5.74) is 2.90. The Balaban J connectivity index is 1.43. The molecule has 182 valence electrons. The van der Waals surface area contributed by atoms with E-state index >= 15 is 0 Å². The van der Waals surface area contributed by atoms with Gasteiger partial charge in [-0.15, -0.1) is 0 Å². The van der Waals surface area contributed by atoms with Crippen molar-refractivity contribution in [1.29, 1.82) is 0 Å². The molecule has 8 heteroatoms. The number of aromatic nitrogens is 2.